The number of ether oxygens (including phenoxy) is 4. The molecule has 2 heterocycles. The fourth-order valence-electron chi connectivity index (χ4n) is 2.34. The molecule has 0 N–H and O–H groups in total. The molecule has 1 aliphatic heterocycles. The van der Waals surface area contributed by atoms with Gasteiger partial charge in [0.1, 0.15) is 11.5 Å². The van der Waals surface area contributed by atoms with Gasteiger partial charge in [-0.1, -0.05) is 5.16 Å². The Balaban J connectivity index is 2.01. The Morgan fingerprint density at radius 2 is 1.81 bits per heavy atom. The number of nitrogens with zero attached hydrogens (tertiary/aromatic N) is 1. The molecule has 21 heavy (non-hydrogen) atoms. The van der Waals surface area contributed by atoms with Crippen LogP contribution in [0.4, 0.5) is 0 Å². The number of hydrogen-bond acceptors (Lipinski definition) is 6. The second-order valence-electron chi connectivity index (χ2n) is 4.74. The summed E-state index contributed by atoms with van der Waals surface area (Å²) in [5.74, 6) is 1.97. The van der Waals surface area contributed by atoms with Gasteiger partial charge in [-0.15, -0.1) is 0 Å². The van der Waals surface area contributed by atoms with Gasteiger partial charge in [0.25, 0.3) is 0 Å². The molecule has 1 aromatic heterocycles. The van der Waals surface area contributed by atoms with Gasteiger partial charge in [0.15, 0.2) is 24.1 Å². The third-order valence-corrected chi connectivity index (χ3v) is 3.43. The molecule has 3 rings (SSSR count). The van der Waals surface area contributed by atoms with Gasteiger partial charge in [0.05, 0.1) is 19.8 Å². The molecule has 2 aromatic rings. The molecule has 0 atom stereocenters. The van der Waals surface area contributed by atoms with Crippen LogP contribution >= 0.6 is 0 Å². The number of methoxy groups -OCH3 is 2. The quantitative estimate of drug-likeness (QED) is 0.862. The van der Waals surface area contributed by atoms with Gasteiger partial charge in [0.2, 0.25) is 0 Å². The summed E-state index contributed by atoms with van der Waals surface area (Å²) >= 11 is 0. The van der Waals surface area contributed by atoms with Crippen LogP contribution in [0.25, 0.3) is 11.3 Å². The first-order valence-electron chi connectivity index (χ1n) is 6.63. The zero-order chi connectivity index (χ0) is 15.0. The SMILES string of the molecule is COc1ccc(-c2noc(C)c2C2OC(C)O2)cc1OC. The van der Waals surface area contributed by atoms with E-state index in [0.717, 1.165) is 11.1 Å². The summed E-state index contributed by atoms with van der Waals surface area (Å²) in [7, 11) is 3.19. The van der Waals surface area contributed by atoms with E-state index in [-0.39, 0.29) is 6.29 Å². The van der Waals surface area contributed by atoms with Crippen LogP contribution in [-0.2, 0) is 9.47 Å². The highest BCUT2D eigenvalue weighted by molar-refractivity contribution is 5.67. The van der Waals surface area contributed by atoms with Crippen molar-refractivity contribution in [3.63, 3.8) is 0 Å². The molecule has 0 bridgehead atoms. The van der Waals surface area contributed by atoms with Crippen LogP contribution in [-0.4, -0.2) is 25.7 Å². The Bertz CT molecular complexity index is 646. The van der Waals surface area contributed by atoms with E-state index in [1.165, 1.54) is 0 Å². The number of aromatic nitrogens is 1. The molecule has 0 aliphatic carbocycles. The molecular weight excluding hydrogens is 274 g/mol. The first-order chi connectivity index (χ1) is 10.1. The Labute approximate surface area is 122 Å². The lowest BCUT2D eigenvalue weighted by Crippen LogP contribution is -2.32. The normalized spacial score (nSPS) is 21.0. The average Bonchev–Trinajstić information content (AvgIpc) is 2.84. The van der Waals surface area contributed by atoms with Gasteiger partial charge in [-0.25, -0.2) is 0 Å². The maximum atomic E-state index is 5.55. The molecular formula is C15H17NO5. The van der Waals surface area contributed by atoms with Gasteiger partial charge < -0.3 is 23.5 Å². The molecule has 1 aromatic carbocycles. The van der Waals surface area contributed by atoms with Crippen LogP contribution in [0.2, 0.25) is 0 Å². The van der Waals surface area contributed by atoms with E-state index in [2.05, 4.69) is 5.16 Å². The van der Waals surface area contributed by atoms with Crippen molar-refractivity contribution in [2.75, 3.05) is 14.2 Å². The van der Waals surface area contributed by atoms with Gasteiger partial charge in [0, 0.05) is 5.56 Å². The molecule has 0 spiro atoms. The number of aryl methyl sites for hydroxylation is 1. The molecule has 6 nitrogen and oxygen atoms in total. The number of benzene rings is 1. The van der Waals surface area contributed by atoms with Crippen molar-refractivity contribution in [2.45, 2.75) is 26.4 Å². The largest absolute Gasteiger partial charge is 0.493 e. The first kappa shape index (κ1) is 13.9. The van der Waals surface area contributed by atoms with Gasteiger partial charge in [-0.3, -0.25) is 0 Å². The predicted molar refractivity (Wildman–Crippen MR) is 74.2 cm³/mol. The van der Waals surface area contributed by atoms with Crippen LogP contribution < -0.4 is 9.47 Å². The summed E-state index contributed by atoms with van der Waals surface area (Å²) in [6.07, 6.45) is -0.642. The highest BCUT2D eigenvalue weighted by atomic mass is 16.9. The van der Waals surface area contributed by atoms with Crippen LogP contribution in [0, 0.1) is 6.92 Å². The first-order valence-corrected chi connectivity index (χ1v) is 6.63. The third kappa shape index (κ3) is 2.36. The maximum Gasteiger partial charge on any atom is 0.195 e. The predicted octanol–water partition coefficient (Wildman–Crippen LogP) is 3.06. The maximum absolute atomic E-state index is 5.55. The average molecular weight is 291 g/mol. The monoisotopic (exact) mass is 291 g/mol. The van der Waals surface area contributed by atoms with Crippen molar-refractivity contribution >= 4 is 0 Å². The highest BCUT2D eigenvalue weighted by Crippen LogP contribution is 2.40. The van der Waals surface area contributed by atoms with E-state index in [1.54, 1.807) is 14.2 Å². The minimum Gasteiger partial charge on any atom is -0.493 e. The summed E-state index contributed by atoms with van der Waals surface area (Å²) in [5.41, 5.74) is 2.34. The van der Waals surface area contributed by atoms with Crippen molar-refractivity contribution in [1.82, 2.24) is 5.16 Å². The summed E-state index contributed by atoms with van der Waals surface area (Å²) in [5, 5.41) is 4.11. The van der Waals surface area contributed by atoms with Gasteiger partial charge in [-0.05, 0) is 32.0 Å². The molecule has 0 radical (unpaired) electrons. The Hall–Kier alpha value is -2.05. The van der Waals surface area contributed by atoms with Crippen LogP contribution in [0.1, 0.15) is 24.5 Å². The zero-order valence-corrected chi connectivity index (χ0v) is 12.4. The molecule has 1 saturated heterocycles. The fraction of sp³-hybridized carbons (Fsp3) is 0.400. The molecule has 1 fully saturated rings. The standard InChI is InChI=1S/C15H17NO5/c1-8-13(15-19-9(2)20-15)14(16-21-8)10-5-6-11(17-3)12(7-10)18-4/h5-7,9,15H,1-4H3. The lowest BCUT2D eigenvalue weighted by molar-refractivity contribution is -0.382. The second-order valence-corrected chi connectivity index (χ2v) is 4.74. The van der Waals surface area contributed by atoms with Crippen molar-refractivity contribution in [2.24, 2.45) is 0 Å². The van der Waals surface area contributed by atoms with Crippen molar-refractivity contribution < 1.29 is 23.5 Å². The molecule has 0 amide bonds. The summed E-state index contributed by atoms with van der Waals surface area (Å²) in [6, 6.07) is 5.57. The number of hydrogen-bond donors (Lipinski definition) is 0. The van der Waals surface area contributed by atoms with Crippen molar-refractivity contribution in [3.05, 3.63) is 29.5 Å². The molecule has 0 unspecified atom stereocenters. The van der Waals surface area contributed by atoms with Crippen LogP contribution in [0.5, 0.6) is 11.5 Å². The Kier molecular flexibility index (Phi) is 3.57. The van der Waals surface area contributed by atoms with E-state index < -0.39 is 6.29 Å². The minimum absolute atomic E-state index is 0.206. The van der Waals surface area contributed by atoms with E-state index >= 15 is 0 Å². The topological polar surface area (TPSA) is 63.0 Å². The third-order valence-electron chi connectivity index (χ3n) is 3.43. The van der Waals surface area contributed by atoms with E-state index in [1.807, 2.05) is 32.0 Å². The number of rotatable bonds is 4. The van der Waals surface area contributed by atoms with E-state index in [9.17, 15) is 0 Å². The molecule has 0 saturated carbocycles. The van der Waals surface area contributed by atoms with Crippen LogP contribution in [0.15, 0.2) is 22.7 Å². The molecule has 1 aliphatic rings. The summed E-state index contributed by atoms with van der Waals surface area (Å²) in [4.78, 5) is 0. The smallest absolute Gasteiger partial charge is 0.195 e. The Morgan fingerprint density at radius 1 is 1.10 bits per heavy atom. The lowest BCUT2D eigenvalue weighted by Gasteiger charge is -2.33. The van der Waals surface area contributed by atoms with E-state index in [0.29, 0.717) is 23.0 Å². The Morgan fingerprint density at radius 3 is 2.43 bits per heavy atom. The highest BCUT2D eigenvalue weighted by Gasteiger charge is 2.35. The van der Waals surface area contributed by atoms with Crippen molar-refractivity contribution in [3.8, 4) is 22.8 Å². The summed E-state index contributed by atoms with van der Waals surface area (Å²) in [6.45, 7) is 3.68. The van der Waals surface area contributed by atoms with Gasteiger partial charge in [-0.2, -0.15) is 0 Å². The minimum atomic E-state index is -0.436. The lowest BCUT2D eigenvalue weighted by atomic mass is 10.0. The summed E-state index contributed by atoms with van der Waals surface area (Å²) < 4.78 is 26.9. The van der Waals surface area contributed by atoms with E-state index in [4.69, 9.17) is 23.5 Å². The molecule has 6 heteroatoms. The molecule has 112 valence electrons. The zero-order valence-electron chi connectivity index (χ0n) is 12.4. The second kappa shape index (κ2) is 5.38. The van der Waals surface area contributed by atoms with Gasteiger partial charge >= 0.3 is 0 Å². The van der Waals surface area contributed by atoms with Crippen LogP contribution in [0.3, 0.4) is 0 Å². The van der Waals surface area contributed by atoms with Crippen molar-refractivity contribution in [1.29, 1.82) is 0 Å². The fourth-order valence-corrected chi connectivity index (χ4v) is 2.34.